The molecule has 2 aliphatic heterocycles. The highest BCUT2D eigenvalue weighted by Gasteiger charge is 2.43. The summed E-state index contributed by atoms with van der Waals surface area (Å²) >= 11 is 0. The predicted molar refractivity (Wildman–Crippen MR) is 132 cm³/mol. The Bertz CT molecular complexity index is 1230. The van der Waals surface area contributed by atoms with E-state index < -0.39 is 0 Å². The molecule has 1 unspecified atom stereocenters. The molecule has 182 valence electrons. The molecule has 0 aromatic carbocycles. The first-order valence-electron chi connectivity index (χ1n) is 11.9. The summed E-state index contributed by atoms with van der Waals surface area (Å²) in [6, 6.07) is 7.56. The van der Waals surface area contributed by atoms with Gasteiger partial charge in [0, 0.05) is 43.2 Å². The Balaban J connectivity index is 1.32. The topological polar surface area (TPSA) is 102 Å². The Kier molecular flexibility index (Phi) is 6.00. The maximum atomic E-state index is 13.4. The van der Waals surface area contributed by atoms with Gasteiger partial charge < -0.3 is 19.7 Å². The van der Waals surface area contributed by atoms with Gasteiger partial charge in [-0.1, -0.05) is 0 Å². The zero-order valence-corrected chi connectivity index (χ0v) is 20.5. The average Bonchev–Trinajstić information content (AvgIpc) is 3.30. The molecule has 1 amide bonds. The number of nitrogens with one attached hydrogen (secondary N) is 1. The number of hydrogen-bond acceptors (Lipinski definition) is 8. The van der Waals surface area contributed by atoms with Crippen LogP contribution in [0.15, 0.2) is 36.7 Å². The number of anilines is 1. The first kappa shape index (κ1) is 23.0. The number of ether oxygens (including phenoxy) is 2. The van der Waals surface area contributed by atoms with Gasteiger partial charge in [0.1, 0.15) is 5.82 Å². The Labute approximate surface area is 204 Å². The summed E-state index contributed by atoms with van der Waals surface area (Å²) in [5.41, 5.74) is 3.68. The molecule has 2 aliphatic rings. The number of likely N-dealkylation sites (tertiary alicyclic amines) is 1. The van der Waals surface area contributed by atoms with E-state index in [9.17, 15) is 4.79 Å². The molecule has 1 saturated heterocycles. The fourth-order valence-electron chi connectivity index (χ4n) is 5.04. The summed E-state index contributed by atoms with van der Waals surface area (Å²) < 4.78 is 10.6. The summed E-state index contributed by atoms with van der Waals surface area (Å²) in [6.07, 6.45) is 6.22. The number of fused-ring (bicyclic) bond motifs is 1. The third-order valence-electron chi connectivity index (χ3n) is 7.11. The van der Waals surface area contributed by atoms with E-state index in [1.165, 1.54) is 0 Å². The summed E-state index contributed by atoms with van der Waals surface area (Å²) in [5, 5.41) is 3.70. The molecular formula is C26H30N6O3. The second-order valence-electron chi connectivity index (χ2n) is 9.32. The Morgan fingerprint density at radius 3 is 2.49 bits per heavy atom. The fraction of sp³-hybridized carbons (Fsp3) is 0.423. The van der Waals surface area contributed by atoms with E-state index in [0.29, 0.717) is 30.7 Å². The van der Waals surface area contributed by atoms with Crippen molar-refractivity contribution in [2.75, 3.05) is 32.6 Å². The number of pyridine rings is 2. The molecule has 9 nitrogen and oxygen atoms in total. The van der Waals surface area contributed by atoms with Crippen molar-refractivity contribution < 1.29 is 14.3 Å². The molecule has 0 bridgehead atoms. The number of rotatable bonds is 5. The first-order chi connectivity index (χ1) is 16.9. The number of nitrogens with zero attached hydrogens (tertiary/aromatic N) is 5. The third kappa shape index (κ3) is 4.38. The zero-order valence-electron chi connectivity index (χ0n) is 20.5. The van der Waals surface area contributed by atoms with Gasteiger partial charge in [-0.15, -0.1) is 0 Å². The van der Waals surface area contributed by atoms with Gasteiger partial charge in [0.2, 0.25) is 17.7 Å². The highest BCUT2D eigenvalue weighted by Crippen LogP contribution is 2.38. The van der Waals surface area contributed by atoms with Crippen molar-refractivity contribution in [3.8, 4) is 23.1 Å². The maximum absolute atomic E-state index is 13.4. The van der Waals surface area contributed by atoms with Crippen molar-refractivity contribution in [2.45, 2.75) is 44.6 Å². The average molecular weight is 475 g/mol. The minimum Gasteiger partial charge on any atom is -0.481 e. The number of carbonyl (C=O) groups excluding carboxylic acids is 1. The Morgan fingerprint density at radius 1 is 1.09 bits per heavy atom. The molecule has 0 aliphatic carbocycles. The smallest absolute Gasteiger partial charge is 0.229 e. The van der Waals surface area contributed by atoms with Gasteiger partial charge in [0.05, 0.1) is 31.4 Å². The van der Waals surface area contributed by atoms with Crippen LogP contribution in [-0.2, 0) is 11.2 Å². The van der Waals surface area contributed by atoms with Crippen molar-refractivity contribution in [3.63, 3.8) is 0 Å². The Morgan fingerprint density at radius 2 is 1.80 bits per heavy atom. The molecule has 0 saturated carbocycles. The first-order valence-corrected chi connectivity index (χ1v) is 11.9. The van der Waals surface area contributed by atoms with Gasteiger partial charge in [0.25, 0.3) is 0 Å². The maximum Gasteiger partial charge on any atom is 0.229 e. The van der Waals surface area contributed by atoms with Crippen LogP contribution in [0.5, 0.6) is 11.8 Å². The highest BCUT2D eigenvalue weighted by molar-refractivity contribution is 5.84. The van der Waals surface area contributed by atoms with Crippen LogP contribution >= 0.6 is 0 Å². The molecule has 3 aromatic heterocycles. The largest absolute Gasteiger partial charge is 0.481 e. The molecule has 3 aromatic rings. The molecule has 1 N–H and O–H groups in total. The quantitative estimate of drug-likeness (QED) is 0.600. The van der Waals surface area contributed by atoms with Gasteiger partial charge in [-0.25, -0.2) is 15.0 Å². The van der Waals surface area contributed by atoms with Crippen LogP contribution < -0.4 is 14.8 Å². The monoisotopic (exact) mass is 474 g/mol. The van der Waals surface area contributed by atoms with Crippen LogP contribution in [0.1, 0.15) is 42.5 Å². The summed E-state index contributed by atoms with van der Waals surface area (Å²) in [4.78, 5) is 33.3. The van der Waals surface area contributed by atoms with Crippen LogP contribution in [0, 0.1) is 6.92 Å². The van der Waals surface area contributed by atoms with E-state index in [-0.39, 0.29) is 17.4 Å². The van der Waals surface area contributed by atoms with Crippen LogP contribution in [-0.4, -0.2) is 63.6 Å². The number of aryl methyl sites for hydroxylation is 2. The second kappa shape index (κ2) is 9.13. The standard InChI is InChI=1S/C26H30N6O3/c1-16(19-13-21(34-3)30-22(14-19)35-4)25(33)32-11-8-26(15-32)7-6-18-12-20(17(2)29-23(18)31-26)24-27-9-5-10-28-24/h5,9-10,12-14,16H,6-8,11,15H2,1-4H3,(H,29,31)/t16?,26-/m0/s1. The third-order valence-corrected chi connectivity index (χ3v) is 7.11. The molecule has 0 radical (unpaired) electrons. The van der Waals surface area contributed by atoms with Crippen molar-refractivity contribution in [3.05, 3.63) is 53.5 Å². The van der Waals surface area contributed by atoms with E-state index in [0.717, 1.165) is 47.5 Å². The normalized spacial score (nSPS) is 19.7. The SMILES string of the molecule is COc1cc(C(C)C(=O)N2CC[C@@]3(CCc4cc(-c5ncccn5)c(C)nc4N3)C2)cc(OC)n1. The van der Waals surface area contributed by atoms with E-state index in [1.54, 1.807) is 38.7 Å². The van der Waals surface area contributed by atoms with Gasteiger partial charge in [-0.3, -0.25) is 4.79 Å². The summed E-state index contributed by atoms with van der Waals surface area (Å²) in [7, 11) is 3.11. The van der Waals surface area contributed by atoms with Gasteiger partial charge in [0.15, 0.2) is 5.82 Å². The predicted octanol–water partition coefficient (Wildman–Crippen LogP) is 3.39. The number of methoxy groups -OCH3 is 2. The van der Waals surface area contributed by atoms with Crippen LogP contribution in [0.4, 0.5) is 5.82 Å². The van der Waals surface area contributed by atoms with Crippen LogP contribution in [0.3, 0.4) is 0 Å². The van der Waals surface area contributed by atoms with E-state index >= 15 is 0 Å². The fourth-order valence-corrected chi connectivity index (χ4v) is 5.04. The van der Waals surface area contributed by atoms with Crippen LogP contribution in [0.2, 0.25) is 0 Å². The van der Waals surface area contributed by atoms with Crippen LogP contribution in [0.25, 0.3) is 11.4 Å². The number of hydrogen-bond donors (Lipinski definition) is 1. The molecule has 1 fully saturated rings. The van der Waals surface area contributed by atoms with Crippen molar-refractivity contribution in [2.24, 2.45) is 0 Å². The van der Waals surface area contributed by atoms with E-state index in [1.807, 2.05) is 24.8 Å². The molecule has 5 rings (SSSR count). The molecule has 35 heavy (non-hydrogen) atoms. The lowest BCUT2D eigenvalue weighted by Crippen LogP contribution is -2.46. The van der Waals surface area contributed by atoms with Crippen molar-refractivity contribution in [1.29, 1.82) is 0 Å². The summed E-state index contributed by atoms with van der Waals surface area (Å²) in [5.74, 6) is 2.22. The number of amides is 1. The molecule has 1 spiro atoms. The highest BCUT2D eigenvalue weighted by atomic mass is 16.5. The lowest BCUT2D eigenvalue weighted by molar-refractivity contribution is -0.131. The lowest BCUT2D eigenvalue weighted by atomic mass is 9.86. The van der Waals surface area contributed by atoms with E-state index in [4.69, 9.17) is 14.5 Å². The minimum atomic E-state index is -0.333. The van der Waals surface area contributed by atoms with Crippen molar-refractivity contribution in [1.82, 2.24) is 24.8 Å². The van der Waals surface area contributed by atoms with E-state index in [2.05, 4.69) is 26.3 Å². The van der Waals surface area contributed by atoms with Gasteiger partial charge in [-0.2, -0.15) is 4.98 Å². The second-order valence-corrected chi connectivity index (χ2v) is 9.32. The van der Waals surface area contributed by atoms with Gasteiger partial charge in [-0.05, 0) is 56.4 Å². The molecular weight excluding hydrogens is 444 g/mol. The molecule has 2 atom stereocenters. The van der Waals surface area contributed by atoms with Gasteiger partial charge >= 0.3 is 0 Å². The number of aromatic nitrogens is 4. The van der Waals surface area contributed by atoms with Crippen molar-refractivity contribution >= 4 is 11.7 Å². The minimum absolute atomic E-state index is 0.0884. The number of carbonyl (C=O) groups is 1. The zero-order chi connectivity index (χ0) is 24.6. The Hall–Kier alpha value is -3.75. The lowest BCUT2D eigenvalue weighted by Gasteiger charge is -2.36. The summed E-state index contributed by atoms with van der Waals surface area (Å²) in [6.45, 7) is 5.26. The molecule has 5 heterocycles. The molecule has 9 heteroatoms.